The summed E-state index contributed by atoms with van der Waals surface area (Å²) in [7, 11) is 0. The van der Waals surface area contributed by atoms with Crippen molar-refractivity contribution in [3.8, 4) is 10.6 Å². The van der Waals surface area contributed by atoms with E-state index in [1.54, 1.807) is 11.3 Å². The zero-order chi connectivity index (χ0) is 11.8. The number of rotatable bonds is 1. The monoisotopic (exact) mass is 245 g/mol. The maximum absolute atomic E-state index is 9.91. The number of fused-ring (bicyclic) bond motifs is 1. The first kappa shape index (κ1) is 10.9. The fourth-order valence-electron chi connectivity index (χ4n) is 2.22. The molecule has 1 N–H and O–H groups in total. The molecular weight excluding hydrogens is 230 g/mol. The molecule has 1 aromatic carbocycles. The summed E-state index contributed by atoms with van der Waals surface area (Å²) in [5.74, 6) is 0. The highest BCUT2D eigenvalue weighted by Gasteiger charge is 2.22. The number of aromatic nitrogens is 1. The number of thiazole rings is 1. The van der Waals surface area contributed by atoms with Crippen LogP contribution in [-0.4, -0.2) is 10.1 Å². The maximum atomic E-state index is 9.91. The average Bonchev–Trinajstić information content (AvgIpc) is 2.75. The van der Waals surface area contributed by atoms with Crippen molar-refractivity contribution in [2.45, 2.75) is 32.3 Å². The van der Waals surface area contributed by atoms with Crippen LogP contribution in [0.4, 0.5) is 0 Å². The molecule has 1 unspecified atom stereocenters. The predicted molar refractivity (Wildman–Crippen MR) is 70.2 cm³/mol. The van der Waals surface area contributed by atoms with E-state index in [1.165, 1.54) is 10.4 Å². The van der Waals surface area contributed by atoms with Crippen LogP contribution < -0.4 is 0 Å². The van der Waals surface area contributed by atoms with Gasteiger partial charge >= 0.3 is 0 Å². The Hall–Kier alpha value is -1.19. The minimum atomic E-state index is -0.353. The van der Waals surface area contributed by atoms with Crippen molar-refractivity contribution in [3.63, 3.8) is 0 Å². The molecule has 1 aromatic heterocycles. The Morgan fingerprint density at radius 1 is 1.29 bits per heavy atom. The molecule has 0 radical (unpaired) electrons. The second kappa shape index (κ2) is 4.24. The number of hydrogen-bond donors (Lipinski definition) is 1. The van der Waals surface area contributed by atoms with E-state index < -0.39 is 0 Å². The summed E-state index contributed by atoms with van der Waals surface area (Å²) in [6, 6.07) is 8.41. The van der Waals surface area contributed by atoms with E-state index in [9.17, 15) is 5.11 Å². The number of aliphatic hydroxyl groups is 1. The molecule has 1 aliphatic rings. The minimum absolute atomic E-state index is 0.353. The van der Waals surface area contributed by atoms with Crippen LogP contribution in [0.1, 0.15) is 35.1 Å². The molecule has 3 heteroatoms. The molecule has 0 saturated carbocycles. The van der Waals surface area contributed by atoms with Gasteiger partial charge in [0, 0.05) is 10.4 Å². The fourth-order valence-corrected chi connectivity index (χ4v) is 3.38. The number of benzene rings is 1. The van der Waals surface area contributed by atoms with E-state index in [2.05, 4.69) is 36.2 Å². The van der Waals surface area contributed by atoms with Crippen molar-refractivity contribution in [1.82, 2.24) is 4.98 Å². The summed E-state index contributed by atoms with van der Waals surface area (Å²) >= 11 is 1.73. The Labute approximate surface area is 105 Å². The zero-order valence-corrected chi connectivity index (χ0v) is 10.6. The number of nitrogens with zero attached hydrogens (tertiary/aromatic N) is 1. The van der Waals surface area contributed by atoms with E-state index in [-0.39, 0.29) is 6.10 Å². The molecule has 2 nitrogen and oxygen atoms in total. The van der Waals surface area contributed by atoms with Gasteiger partial charge in [-0.1, -0.05) is 29.8 Å². The van der Waals surface area contributed by atoms with Crippen molar-refractivity contribution in [3.05, 3.63) is 40.4 Å². The van der Waals surface area contributed by atoms with Gasteiger partial charge in [0.25, 0.3) is 0 Å². The lowest BCUT2D eigenvalue weighted by Gasteiger charge is -2.14. The van der Waals surface area contributed by atoms with Gasteiger partial charge in [-0.15, -0.1) is 11.3 Å². The molecule has 0 fully saturated rings. The second-order valence-electron chi connectivity index (χ2n) is 4.60. The molecule has 0 amide bonds. The third-order valence-corrected chi connectivity index (χ3v) is 4.40. The van der Waals surface area contributed by atoms with Gasteiger partial charge in [-0.05, 0) is 26.2 Å². The van der Waals surface area contributed by atoms with Crippen LogP contribution in [0.2, 0.25) is 0 Å². The zero-order valence-electron chi connectivity index (χ0n) is 9.81. The summed E-state index contributed by atoms with van der Waals surface area (Å²) in [5.41, 5.74) is 3.33. The molecule has 88 valence electrons. The Morgan fingerprint density at radius 2 is 2.06 bits per heavy atom. The second-order valence-corrected chi connectivity index (χ2v) is 5.69. The Bertz CT molecular complexity index is 530. The lowest BCUT2D eigenvalue weighted by molar-refractivity contribution is 0.153. The maximum Gasteiger partial charge on any atom is 0.123 e. The molecule has 3 rings (SSSR count). The van der Waals surface area contributed by atoms with Crippen LogP contribution in [0.5, 0.6) is 0 Å². The average molecular weight is 245 g/mol. The van der Waals surface area contributed by atoms with Gasteiger partial charge < -0.3 is 5.11 Å². The van der Waals surface area contributed by atoms with Crippen LogP contribution in [0, 0.1) is 6.92 Å². The summed E-state index contributed by atoms with van der Waals surface area (Å²) in [6.45, 7) is 2.08. The van der Waals surface area contributed by atoms with Crippen LogP contribution >= 0.6 is 11.3 Å². The molecular formula is C14H15NOS. The van der Waals surface area contributed by atoms with E-state index >= 15 is 0 Å². The number of aryl methyl sites for hydroxylation is 2. The SMILES string of the molecule is Cc1ccc(-c2nc3c(s2)CCCC3O)cc1. The first-order chi connectivity index (χ1) is 8.24. The largest absolute Gasteiger partial charge is 0.387 e. The molecule has 2 aromatic rings. The molecule has 1 aliphatic carbocycles. The molecule has 0 bridgehead atoms. The summed E-state index contributed by atoms with van der Waals surface area (Å²) in [6.07, 6.45) is 2.64. The quantitative estimate of drug-likeness (QED) is 0.834. The molecule has 1 heterocycles. The first-order valence-electron chi connectivity index (χ1n) is 5.99. The third kappa shape index (κ3) is 2.01. The van der Waals surface area contributed by atoms with Gasteiger partial charge in [0.2, 0.25) is 0 Å². The van der Waals surface area contributed by atoms with E-state index in [0.29, 0.717) is 0 Å². The lowest BCUT2D eigenvalue weighted by atomic mass is 10.0. The molecule has 1 atom stereocenters. The summed E-state index contributed by atoms with van der Waals surface area (Å²) in [5, 5.41) is 10.9. The first-order valence-corrected chi connectivity index (χ1v) is 6.80. The number of aliphatic hydroxyl groups excluding tert-OH is 1. The fraction of sp³-hybridized carbons (Fsp3) is 0.357. The molecule has 17 heavy (non-hydrogen) atoms. The van der Waals surface area contributed by atoms with Crippen LogP contribution in [-0.2, 0) is 6.42 Å². The molecule has 0 aliphatic heterocycles. The summed E-state index contributed by atoms with van der Waals surface area (Å²) in [4.78, 5) is 5.86. The van der Waals surface area contributed by atoms with Gasteiger partial charge in [0.05, 0.1) is 11.8 Å². The normalized spacial score (nSPS) is 19.1. The van der Waals surface area contributed by atoms with E-state index in [1.807, 2.05) is 0 Å². The van der Waals surface area contributed by atoms with Crippen molar-refractivity contribution in [2.75, 3.05) is 0 Å². The number of hydrogen-bond acceptors (Lipinski definition) is 3. The topological polar surface area (TPSA) is 33.1 Å². The lowest BCUT2D eigenvalue weighted by Crippen LogP contribution is -2.07. The third-order valence-electron chi connectivity index (χ3n) is 3.22. The minimum Gasteiger partial charge on any atom is -0.387 e. The van der Waals surface area contributed by atoms with Crippen LogP contribution in [0.15, 0.2) is 24.3 Å². The molecule has 0 saturated heterocycles. The van der Waals surface area contributed by atoms with Crippen LogP contribution in [0.25, 0.3) is 10.6 Å². The van der Waals surface area contributed by atoms with Gasteiger partial charge in [-0.3, -0.25) is 0 Å². The summed E-state index contributed by atoms with van der Waals surface area (Å²) < 4.78 is 0. The van der Waals surface area contributed by atoms with Gasteiger partial charge in [-0.25, -0.2) is 4.98 Å². The molecule has 0 spiro atoms. The van der Waals surface area contributed by atoms with Crippen molar-refractivity contribution in [1.29, 1.82) is 0 Å². The highest BCUT2D eigenvalue weighted by molar-refractivity contribution is 7.15. The smallest absolute Gasteiger partial charge is 0.123 e. The standard InChI is InChI=1S/C14H15NOS/c1-9-5-7-10(8-6-9)14-15-13-11(16)3-2-4-12(13)17-14/h5-8,11,16H,2-4H2,1H3. The Morgan fingerprint density at radius 3 is 2.76 bits per heavy atom. The highest BCUT2D eigenvalue weighted by atomic mass is 32.1. The predicted octanol–water partition coefficient (Wildman–Crippen LogP) is 3.49. The Kier molecular flexibility index (Phi) is 2.73. The van der Waals surface area contributed by atoms with Gasteiger partial charge in [0.15, 0.2) is 0 Å². The van der Waals surface area contributed by atoms with Crippen molar-refractivity contribution < 1.29 is 5.11 Å². The van der Waals surface area contributed by atoms with Crippen molar-refractivity contribution >= 4 is 11.3 Å². The van der Waals surface area contributed by atoms with Gasteiger partial charge in [0.1, 0.15) is 5.01 Å². The van der Waals surface area contributed by atoms with E-state index in [0.717, 1.165) is 35.5 Å². The Balaban J connectivity index is 2.02. The highest BCUT2D eigenvalue weighted by Crippen LogP contribution is 2.36. The van der Waals surface area contributed by atoms with Gasteiger partial charge in [-0.2, -0.15) is 0 Å². The van der Waals surface area contributed by atoms with Crippen LogP contribution in [0.3, 0.4) is 0 Å². The van der Waals surface area contributed by atoms with E-state index in [4.69, 9.17) is 0 Å². The van der Waals surface area contributed by atoms with Crippen molar-refractivity contribution in [2.24, 2.45) is 0 Å².